The highest BCUT2D eigenvalue weighted by Gasteiger charge is 2.19. The number of hydrogen-bond donors (Lipinski definition) is 0. The second kappa shape index (κ2) is 55.7. The van der Waals surface area contributed by atoms with Crippen LogP contribution >= 0.6 is 0 Å². The lowest BCUT2D eigenvalue weighted by atomic mass is 10.0. The quantitative estimate of drug-likeness (QED) is 0.0262. The van der Waals surface area contributed by atoms with E-state index in [-0.39, 0.29) is 31.1 Å². The Morgan fingerprint density at radius 3 is 0.955 bits per heavy atom. The lowest BCUT2D eigenvalue weighted by molar-refractivity contribution is -0.167. The fourth-order valence-corrected chi connectivity index (χ4v) is 8.19. The molecule has 0 fully saturated rings. The SMILES string of the molecule is CC/C=C\C/C=C\C/C=C\C/C=C\CCCCC(=O)OC[C@H](COC(=O)CCCCCCC/C=C\CCCCCCCC)OC(=O)CCCCCCCCCCCCCCCCCCCCC. The lowest BCUT2D eigenvalue weighted by Crippen LogP contribution is -2.30. The number of unbranched alkanes of at least 4 members (excludes halogenated alkanes) is 31. The van der Waals surface area contributed by atoms with Gasteiger partial charge in [-0.05, 0) is 83.5 Å². The van der Waals surface area contributed by atoms with Crippen LogP contribution in [0.15, 0.2) is 60.8 Å². The minimum absolute atomic E-state index is 0.0893. The molecule has 0 aromatic heterocycles. The van der Waals surface area contributed by atoms with Crippen LogP contribution in [0, 0.1) is 0 Å². The number of allylic oxidation sites excluding steroid dienone is 10. The lowest BCUT2D eigenvalue weighted by Gasteiger charge is -2.18. The fraction of sp³-hybridized carbons (Fsp3) is 0.787. The summed E-state index contributed by atoms with van der Waals surface area (Å²) >= 11 is 0. The second-order valence-electron chi connectivity index (χ2n) is 19.2. The monoisotopic (exact) mass is 937 g/mol. The molecule has 0 radical (unpaired) electrons. The van der Waals surface area contributed by atoms with E-state index in [0.29, 0.717) is 19.3 Å². The summed E-state index contributed by atoms with van der Waals surface area (Å²) in [6.07, 6.45) is 69.3. The zero-order valence-electron chi connectivity index (χ0n) is 44.4. The Kier molecular flexibility index (Phi) is 53.3. The standard InChI is InChI=1S/C61H108O6/c1-4-7-10-13-16-19-22-25-28-29-30-31-34-37-40-43-46-49-52-55-61(64)67-58(56-65-59(62)53-50-47-44-41-38-35-32-26-23-20-17-14-11-8-5-2)57-66-60(63)54-51-48-45-42-39-36-33-27-24-21-18-15-12-9-6-3/h8,11,17,20,26-27,32-33,38,41,58H,4-7,9-10,12-16,18-19,21-25,28-31,34-37,39-40,42-57H2,1-3H3/b11-8-,20-17-,32-26-,33-27-,41-38-/t58-/m1/s1. The van der Waals surface area contributed by atoms with Gasteiger partial charge in [-0.3, -0.25) is 14.4 Å². The molecule has 0 bridgehead atoms. The van der Waals surface area contributed by atoms with Crippen LogP contribution in [0.2, 0.25) is 0 Å². The summed E-state index contributed by atoms with van der Waals surface area (Å²) in [5, 5.41) is 0. The van der Waals surface area contributed by atoms with Crippen LogP contribution in [0.25, 0.3) is 0 Å². The largest absolute Gasteiger partial charge is 0.462 e. The van der Waals surface area contributed by atoms with Gasteiger partial charge < -0.3 is 14.2 Å². The molecule has 67 heavy (non-hydrogen) atoms. The highest BCUT2D eigenvalue weighted by Crippen LogP contribution is 2.16. The van der Waals surface area contributed by atoms with Gasteiger partial charge in [-0.25, -0.2) is 0 Å². The van der Waals surface area contributed by atoms with Crippen molar-refractivity contribution >= 4 is 17.9 Å². The van der Waals surface area contributed by atoms with Crippen LogP contribution in [-0.4, -0.2) is 37.2 Å². The van der Waals surface area contributed by atoms with Crippen molar-refractivity contribution in [2.24, 2.45) is 0 Å². The summed E-state index contributed by atoms with van der Waals surface area (Å²) in [4.78, 5) is 38.1. The minimum atomic E-state index is -0.792. The van der Waals surface area contributed by atoms with E-state index in [1.807, 2.05) is 0 Å². The maximum atomic E-state index is 12.9. The molecule has 1 atom stereocenters. The maximum absolute atomic E-state index is 12.9. The number of esters is 3. The van der Waals surface area contributed by atoms with Gasteiger partial charge in [-0.15, -0.1) is 0 Å². The van der Waals surface area contributed by atoms with Crippen LogP contribution in [0.3, 0.4) is 0 Å². The third-order valence-corrected chi connectivity index (χ3v) is 12.5. The molecular weight excluding hydrogens is 829 g/mol. The third kappa shape index (κ3) is 53.9. The van der Waals surface area contributed by atoms with Gasteiger partial charge in [-0.1, -0.05) is 248 Å². The highest BCUT2D eigenvalue weighted by molar-refractivity contribution is 5.71. The molecule has 0 saturated heterocycles. The van der Waals surface area contributed by atoms with Gasteiger partial charge in [0.2, 0.25) is 0 Å². The second-order valence-corrected chi connectivity index (χ2v) is 19.2. The first kappa shape index (κ1) is 64.1. The van der Waals surface area contributed by atoms with Crippen molar-refractivity contribution in [1.82, 2.24) is 0 Å². The molecule has 0 aromatic carbocycles. The van der Waals surface area contributed by atoms with E-state index in [4.69, 9.17) is 14.2 Å². The first-order chi connectivity index (χ1) is 33.0. The van der Waals surface area contributed by atoms with Gasteiger partial charge in [0.15, 0.2) is 6.10 Å². The predicted molar refractivity (Wildman–Crippen MR) is 288 cm³/mol. The molecule has 6 heteroatoms. The van der Waals surface area contributed by atoms with Gasteiger partial charge in [0.05, 0.1) is 0 Å². The molecule has 0 aromatic rings. The molecule has 388 valence electrons. The number of ether oxygens (including phenoxy) is 3. The Morgan fingerprint density at radius 2 is 0.582 bits per heavy atom. The first-order valence-corrected chi connectivity index (χ1v) is 28.8. The van der Waals surface area contributed by atoms with E-state index in [9.17, 15) is 14.4 Å². The summed E-state index contributed by atoms with van der Waals surface area (Å²) in [7, 11) is 0. The molecule has 0 N–H and O–H groups in total. The Labute approximate surface area is 415 Å². The van der Waals surface area contributed by atoms with Crippen LogP contribution in [0.5, 0.6) is 0 Å². The highest BCUT2D eigenvalue weighted by atomic mass is 16.6. The number of rotatable bonds is 52. The Balaban J connectivity index is 4.40. The molecule has 0 heterocycles. The van der Waals surface area contributed by atoms with E-state index in [1.165, 1.54) is 161 Å². The summed E-state index contributed by atoms with van der Waals surface area (Å²) in [5.74, 6) is -0.927. The van der Waals surface area contributed by atoms with E-state index >= 15 is 0 Å². The fourth-order valence-electron chi connectivity index (χ4n) is 8.19. The summed E-state index contributed by atoms with van der Waals surface area (Å²) in [6, 6.07) is 0. The summed E-state index contributed by atoms with van der Waals surface area (Å²) in [6.45, 7) is 6.51. The zero-order chi connectivity index (χ0) is 48.6. The van der Waals surface area contributed by atoms with Crippen molar-refractivity contribution in [1.29, 1.82) is 0 Å². The number of hydrogen-bond acceptors (Lipinski definition) is 6. The molecule has 0 aliphatic heterocycles. The Morgan fingerprint density at radius 1 is 0.313 bits per heavy atom. The minimum Gasteiger partial charge on any atom is -0.462 e. The maximum Gasteiger partial charge on any atom is 0.306 e. The van der Waals surface area contributed by atoms with Gasteiger partial charge >= 0.3 is 17.9 Å². The van der Waals surface area contributed by atoms with Crippen molar-refractivity contribution in [3.8, 4) is 0 Å². The molecular formula is C61H108O6. The van der Waals surface area contributed by atoms with Gasteiger partial charge in [0.1, 0.15) is 13.2 Å². The van der Waals surface area contributed by atoms with Crippen molar-refractivity contribution < 1.29 is 28.6 Å². The Bertz CT molecular complexity index is 1210. The topological polar surface area (TPSA) is 78.9 Å². The molecule has 0 rings (SSSR count). The summed E-state index contributed by atoms with van der Waals surface area (Å²) < 4.78 is 16.8. The van der Waals surface area contributed by atoms with Crippen molar-refractivity contribution in [2.75, 3.05) is 13.2 Å². The molecule has 6 nitrogen and oxygen atoms in total. The average Bonchev–Trinajstić information content (AvgIpc) is 3.33. The number of carbonyl (C=O) groups excluding carboxylic acids is 3. The number of carbonyl (C=O) groups is 3. The van der Waals surface area contributed by atoms with Crippen LogP contribution in [0.1, 0.15) is 290 Å². The third-order valence-electron chi connectivity index (χ3n) is 12.5. The van der Waals surface area contributed by atoms with E-state index in [2.05, 4.69) is 81.5 Å². The molecule has 0 aliphatic rings. The molecule has 0 saturated carbocycles. The zero-order valence-corrected chi connectivity index (χ0v) is 44.4. The molecule has 0 spiro atoms. The smallest absolute Gasteiger partial charge is 0.306 e. The molecule has 0 amide bonds. The molecule has 0 aliphatic carbocycles. The van der Waals surface area contributed by atoms with Crippen LogP contribution in [0.4, 0.5) is 0 Å². The first-order valence-electron chi connectivity index (χ1n) is 28.8. The Hall–Kier alpha value is -2.89. The van der Waals surface area contributed by atoms with Gasteiger partial charge in [0, 0.05) is 19.3 Å². The van der Waals surface area contributed by atoms with Crippen molar-refractivity contribution in [2.45, 2.75) is 297 Å². The normalized spacial score (nSPS) is 12.5. The van der Waals surface area contributed by atoms with E-state index in [1.54, 1.807) is 0 Å². The molecule has 0 unspecified atom stereocenters. The van der Waals surface area contributed by atoms with Gasteiger partial charge in [0.25, 0.3) is 0 Å². The average molecular weight is 938 g/mol. The van der Waals surface area contributed by atoms with Gasteiger partial charge in [-0.2, -0.15) is 0 Å². The van der Waals surface area contributed by atoms with E-state index in [0.717, 1.165) is 89.9 Å². The van der Waals surface area contributed by atoms with Crippen LogP contribution in [-0.2, 0) is 28.6 Å². The van der Waals surface area contributed by atoms with Crippen molar-refractivity contribution in [3.63, 3.8) is 0 Å². The van der Waals surface area contributed by atoms with E-state index < -0.39 is 6.10 Å². The van der Waals surface area contributed by atoms with Crippen molar-refractivity contribution in [3.05, 3.63) is 60.8 Å². The van der Waals surface area contributed by atoms with Crippen LogP contribution < -0.4 is 0 Å². The summed E-state index contributed by atoms with van der Waals surface area (Å²) in [5.41, 5.74) is 0. The predicted octanol–water partition coefficient (Wildman–Crippen LogP) is 19.2.